The van der Waals surface area contributed by atoms with Crippen molar-refractivity contribution in [3.05, 3.63) is 63.2 Å². The molecule has 1 N–H and O–H groups in total. The summed E-state index contributed by atoms with van der Waals surface area (Å²) in [7, 11) is 0. The molecule has 0 saturated heterocycles. The Labute approximate surface area is 156 Å². The third-order valence-corrected chi connectivity index (χ3v) is 3.89. The van der Waals surface area contributed by atoms with Crippen LogP contribution in [0, 0.1) is 30.9 Å². The summed E-state index contributed by atoms with van der Waals surface area (Å²) in [6.07, 6.45) is 0. The van der Waals surface area contributed by atoms with Gasteiger partial charge in [0.25, 0.3) is 11.6 Å². The quantitative estimate of drug-likeness (QED) is 0.455. The number of carbonyl (C=O) groups excluding carboxylic acids is 2. The van der Waals surface area contributed by atoms with Crippen molar-refractivity contribution in [2.24, 2.45) is 0 Å². The predicted octanol–water partition coefficient (Wildman–Crippen LogP) is 3.08. The average Bonchev–Trinajstić information content (AvgIpc) is 2.62. The Morgan fingerprint density at radius 3 is 2.37 bits per heavy atom. The summed E-state index contributed by atoms with van der Waals surface area (Å²) in [5.41, 5.74) is 3.03. The SMILES string of the molecule is Cc1ccc(OCC(=O)OCC(=O)Nc2ccc([N+](=O)[O-])cc2C)cc1C. The number of amides is 1. The van der Waals surface area contributed by atoms with Gasteiger partial charge in [-0.3, -0.25) is 14.9 Å². The molecule has 0 aromatic heterocycles. The number of nitrogens with one attached hydrogen (secondary N) is 1. The predicted molar refractivity (Wildman–Crippen MR) is 98.8 cm³/mol. The second-order valence-electron chi connectivity index (χ2n) is 6.00. The van der Waals surface area contributed by atoms with Crippen molar-refractivity contribution in [2.45, 2.75) is 20.8 Å². The summed E-state index contributed by atoms with van der Waals surface area (Å²) in [4.78, 5) is 33.8. The summed E-state index contributed by atoms with van der Waals surface area (Å²) in [6, 6.07) is 9.50. The molecule has 2 aromatic rings. The van der Waals surface area contributed by atoms with Crippen molar-refractivity contribution in [1.82, 2.24) is 0 Å². The number of non-ortho nitro benzene ring substituents is 1. The first-order valence-corrected chi connectivity index (χ1v) is 8.17. The number of aryl methyl sites for hydroxylation is 3. The van der Waals surface area contributed by atoms with E-state index in [-0.39, 0.29) is 12.3 Å². The number of carbonyl (C=O) groups is 2. The van der Waals surface area contributed by atoms with E-state index in [1.54, 1.807) is 13.0 Å². The standard InChI is InChI=1S/C19H20N2O6/c1-12-4-6-16(9-13(12)2)26-11-19(23)27-10-18(22)20-17-7-5-15(21(24)25)8-14(17)3/h4-9H,10-11H2,1-3H3,(H,20,22). The Morgan fingerprint density at radius 1 is 1.00 bits per heavy atom. The number of esters is 1. The van der Waals surface area contributed by atoms with E-state index in [1.807, 2.05) is 26.0 Å². The van der Waals surface area contributed by atoms with Gasteiger partial charge in [0.2, 0.25) is 0 Å². The molecule has 8 heteroatoms. The van der Waals surface area contributed by atoms with Crippen LogP contribution in [0.3, 0.4) is 0 Å². The van der Waals surface area contributed by atoms with Gasteiger partial charge in [-0.05, 0) is 55.7 Å². The fraction of sp³-hybridized carbons (Fsp3) is 0.263. The highest BCUT2D eigenvalue weighted by atomic mass is 16.6. The lowest BCUT2D eigenvalue weighted by molar-refractivity contribution is -0.384. The van der Waals surface area contributed by atoms with E-state index in [2.05, 4.69) is 5.32 Å². The summed E-state index contributed by atoms with van der Waals surface area (Å²) in [6.45, 7) is 4.74. The van der Waals surface area contributed by atoms with Gasteiger partial charge in [0.15, 0.2) is 13.2 Å². The van der Waals surface area contributed by atoms with Crippen LogP contribution < -0.4 is 10.1 Å². The van der Waals surface area contributed by atoms with Crippen molar-refractivity contribution in [2.75, 3.05) is 18.5 Å². The molecule has 0 aliphatic carbocycles. The van der Waals surface area contributed by atoms with Crippen LogP contribution in [0.25, 0.3) is 0 Å². The van der Waals surface area contributed by atoms with E-state index in [1.165, 1.54) is 18.2 Å². The normalized spacial score (nSPS) is 10.2. The van der Waals surface area contributed by atoms with E-state index in [4.69, 9.17) is 9.47 Å². The molecule has 0 saturated carbocycles. The molecule has 0 fully saturated rings. The average molecular weight is 372 g/mol. The molecule has 0 unspecified atom stereocenters. The highest BCUT2D eigenvalue weighted by Crippen LogP contribution is 2.21. The monoisotopic (exact) mass is 372 g/mol. The minimum Gasteiger partial charge on any atom is -0.482 e. The second kappa shape index (κ2) is 8.79. The van der Waals surface area contributed by atoms with Crippen LogP contribution >= 0.6 is 0 Å². The number of nitrogens with zero attached hydrogens (tertiary/aromatic N) is 1. The van der Waals surface area contributed by atoms with Gasteiger partial charge in [-0.25, -0.2) is 4.79 Å². The summed E-state index contributed by atoms with van der Waals surface area (Å²) in [5.74, 6) is -0.684. The molecule has 0 radical (unpaired) electrons. The Morgan fingerprint density at radius 2 is 1.74 bits per heavy atom. The van der Waals surface area contributed by atoms with Gasteiger partial charge in [0.1, 0.15) is 5.75 Å². The van der Waals surface area contributed by atoms with Crippen LogP contribution in [-0.2, 0) is 14.3 Å². The maximum absolute atomic E-state index is 11.9. The van der Waals surface area contributed by atoms with Gasteiger partial charge < -0.3 is 14.8 Å². The lowest BCUT2D eigenvalue weighted by Gasteiger charge is -2.10. The third kappa shape index (κ3) is 5.81. The van der Waals surface area contributed by atoms with Crippen molar-refractivity contribution in [1.29, 1.82) is 0 Å². The lowest BCUT2D eigenvalue weighted by atomic mass is 10.1. The molecule has 2 aromatic carbocycles. The van der Waals surface area contributed by atoms with Crippen molar-refractivity contribution in [3.63, 3.8) is 0 Å². The van der Waals surface area contributed by atoms with E-state index >= 15 is 0 Å². The first-order valence-electron chi connectivity index (χ1n) is 8.17. The number of hydrogen-bond acceptors (Lipinski definition) is 6. The van der Waals surface area contributed by atoms with Crippen LogP contribution in [0.15, 0.2) is 36.4 Å². The Hall–Kier alpha value is -3.42. The third-order valence-electron chi connectivity index (χ3n) is 3.89. The molecule has 0 atom stereocenters. The molecule has 0 heterocycles. The van der Waals surface area contributed by atoms with Crippen LogP contribution in [0.1, 0.15) is 16.7 Å². The van der Waals surface area contributed by atoms with E-state index in [9.17, 15) is 19.7 Å². The van der Waals surface area contributed by atoms with Crippen molar-refractivity contribution in [3.8, 4) is 5.75 Å². The maximum Gasteiger partial charge on any atom is 0.344 e. The highest BCUT2D eigenvalue weighted by Gasteiger charge is 2.12. The molecule has 0 spiro atoms. The topological polar surface area (TPSA) is 108 Å². The van der Waals surface area contributed by atoms with Gasteiger partial charge in [0, 0.05) is 17.8 Å². The first-order chi connectivity index (χ1) is 12.8. The van der Waals surface area contributed by atoms with Gasteiger partial charge in [-0.15, -0.1) is 0 Å². The number of anilines is 1. The number of rotatable bonds is 7. The van der Waals surface area contributed by atoms with Gasteiger partial charge in [0.05, 0.1) is 4.92 Å². The Balaban J connectivity index is 1.80. The molecule has 0 aliphatic heterocycles. The van der Waals surface area contributed by atoms with Gasteiger partial charge >= 0.3 is 5.97 Å². The minimum atomic E-state index is -0.677. The number of nitro benzene ring substituents is 1. The second-order valence-corrected chi connectivity index (χ2v) is 6.00. The molecule has 1 amide bonds. The summed E-state index contributed by atoms with van der Waals surface area (Å²) < 4.78 is 10.2. The van der Waals surface area contributed by atoms with Crippen LogP contribution in [-0.4, -0.2) is 30.0 Å². The fourth-order valence-corrected chi connectivity index (χ4v) is 2.22. The summed E-state index contributed by atoms with van der Waals surface area (Å²) in [5, 5.41) is 13.3. The molecule has 0 bridgehead atoms. The maximum atomic E-state index is 11.9. The number of hydrogen-bond donors (Lipinski definition) is 1. The van der Waals surface area contributed by atoms with Gasteiger partial charge in [-0.2, -0.15) is 0 Å². The van der Waals surface area contributed by atoms with Crippen LogP contribution in [0.5, 0.6) is 5.75 Å². The zero-order valence-electron chi connectivity index (χ0n) is 15.3. The molecule has 2 rings (SSSR count). The van der Waals surface area contributed by atoms with Crippen LogP contribution in [0.4, 0.5) is 11.4 Å². The Kier molecular flexibility index (Phi) is 6.48. The zero-order chi connectivity index (χ0) is 20.0. The van der Waals surface area contributed by atoms with E-state index < -0.39 is 23.4 Å². The first kappa shape index (κ1) is 19.9. The summed E-state index contributed by atoms with van der Waals surface area (Å²) >= 11 is 0. The van der Waals surface area contributed by atoms with E-state index in [0.29, 0.717) is 17.0 Å². The van der Waals surface area contributed by atoms with Gasteiger partial charge in [-0.1, -0.05) is 6.07 Å². The minimum absolute atomic E-state index is 0.0691. The number of nitro groups is 1. The molecule has 142 valence electrons. The van der Waals surface area contributed by atoms with Crippen LogP contribution in [0.2, 0.25) is 0 Å². The molecule has 27 heavy (non-hydrogen) atoms. The number of ether oxygens (including phenoxy) is 2. The highest BCUT2D eigenvalue weighted by molar-refractivity contribution is 5.93. The largest absolute Gasteiger partial charge is 0.482 e. The smallest absolute Gasteiger partial charge is 0.344 e. The lowest BCUT2D eigenvalue weighted by Crippen LogP contribution is -2.24. The molecular weight excluding hydrogens is 352 g/mol. The zero-order valence-corrected chi connectivity index (χ0v) is 15.3. The Bertz CT molecular complexity index is 878. The van der Waals surface area contributed by atoms with Crippen molar-refractivity contribution >= 4 is 23.3 Å². The van der Waals surface area contributed by atoms with Crippen molar-refractivity contribution < 1.29 is 24.0 Å². The number of benzene rings is 2. The molecule has 8 nitrogen and oxygen atoms in total. The molecule has 0 aliphatic rings. The fourth-order valence-electron chi connectivity index (χ4n) is 2.22. The van der Waals surface area contributed by atoms with E-state index in [0.717, 1.165) is 11.1 Å². The molecular formula is C19H20N2O6.